The SMILES string of the molecule is CS(=O)(=O)NCCc1ccc(C(=O)N2CCCC2c2ccc3c(c2)OCCO3)cc1. The van der Waals surface area contributed by atoms with Crippen molar-refractivity contribution in [3.63, 3.8) is 0 Å². The lowest BCUT2D eigenvalue weighted by atomic mass is 10.0. The van der Waals surface area contributed by atoms with Crippen LogP contribution >= 0.6 is 0 Å². The van der Waals surface area contributed by atoms with Gasteiger partial charge in [-0.25, -0.2) is 13.1 Å². The standard InChI is InChI=1S/C22H26N2O5S/c1-30(26,27)23-11-10-16-4-6-17(7-5-16)22(25)24-12-2-3-19(24)18-8-9-20-21(15-18)29-14-13-28-20/h4-9,15,19,23H,2-3,10-14H2,1H3. The smallest absolute Gasteiger partial charge is 0.254 e. The summed E-state index contributed by atoms with van der Waals surface area (Å²) in [6, 6.07) is 13.3. The van der Waals surface area contributed by atoms with Crippen LogP contribution in [0.5, 0.6) is 11.5 Å². The third-order valence-electron chi connectivity index (χ3n) is 5.44. The van der Waals surface area contributed by atoms with Crippen molar-refractivity contribution >= 4 is 15.9 Å². The molecule has 2 heterocycles. The molecule has 0 saturated carbocycles. The van der Waals surface area contributed by atoms with Gasteiger partial charge in [-0.3, -0.25) is 4.79 Å². The Labute approximate surface area is 177 Å². The first-order valence-electron chi connectivity index (χ1n) is 10.1. The molecule has 1 saturated heterocycles. The van der Waals surface area contributed by atoms with E-state index in [9.17, 15) is 13.2 Å². The summed E-state index contributed by atoms with van der Waals surface area (Å²) in [5.74, 6) is 1.50. The summed E-state index contributed by atoms with van der Waals surface area (Å²) < 4.78 is 36.1. The summed E-state index contributed by atoms with van der Waals surface area (Å²) in [5.41, 5.74) is 2.68. The van der Waals surface area contributed by atoms with Crippen molar-refractivity contribution in [1.82, 2.24) is 9.62 Å². The minimum absolute atomic E-state index is 0.00759. The quantitative estimate of drug-likeness (QED) is 0.761. The van der Waals surface area contributed by atoms with Gasteiger partial charge in [-0.2, -0.15) is 0 Å². The predicted molar refractivity (Wildman–Crippen MR) is 113 cm³/mol. The van der Waals surface area contributed by atoms with Gasteiger partial charge < -0.3 is 14.4 Å². The van der Waals surface area contributed by atoms with Gasteiger partial charge in [-0.15, -0.1) is 0 Å². The highest BCUT2D eigenvalue weighted by Gasteiger charge is 2.31. The Morgan fingerprint density at radius 1 is 1.10 bits per heavy atom. The van der Waals surface area contributed by atoms with Gasteiger partial charge in [0.2, 0.25) is 10.0 Å². The first-order chi connectivity index (χ1) is 14.4. The number of ether oxygens (including phenoxy) is 2. The molecule has 2 aliphatic rings. The van der Waals surface area contributed by atoms with Crippen molar-refractivity contribution in [3.05, 3.63) is 59.2 Å². The van der Waals surface area contributed by atoms with E-state index in [4.69, 9.17) is 9.47 Å². The van der Waals surface area contributed by atoms with Crippen LogP contribution in [0.25, 0.3) is 0 Å². The summed E-state index contributed by atoms with van der Waals surface area (Å²) >= 11 is 0. The number of fused-ring (bicyclic) bond motifs is 1. The molecule has 1 fully saturated rings. The van der Waals surface area contributed by atoms with Crippen LogP contribution in [0, 0.1) is 0 Å². The Bertz CT molecular complexity index is 1020. The van der Waals surface area contributed by atoms with E-state index in [0.29, 0.717) is 31.7 Å². The zero-order chi connectivity index (χ0) is 21.1. The molecular formula is C22H26N2O5S. The summed E-state index contributed by atoms with van der Waals surface area (Å²) in [6.45, 7) is 2.15. The number of hydrogen-bond acceptors (Lipinski definition) is 5. The molecule has 0 radical (unpaired) electrons. The zero-order valence-electron chi connectivity index (χ0n) is 17.0. The molecule has 1 N–H and O–H groups in total. The zero-order valence-corrected chi connectivity index (χ0v) is 17.8. The van der Waals surface area contributed by atoms with Crippen molar-refractivity contribution in [3.8, 4) is 11.5 Å². The number of nitrogens with one attached hydrogen (secondary N) is 1. The highest BCUT2D eigenvalue weighted by atomic mass is 32.2. The Kier molecular flexibility index (Phi) is 5.97. The number of likely N-dealkylation sites (tertiary alicyclic amines) is 1. The van der Waals surface area contributed by atoms with Gasteiger partial charge in [0.15, 0.2) is 11.5 Å². The van der Waals surface area contributed by atoms with E-state index in [-0.39, 0.29) is 11.9 Å². The number of nitrogens with zero attached hydrogens (tertiary/aromatic N) is 1. The minimum Gasteiger partial charge on any atom is -0.486 e. The molecule has 0 spiro atoms. The summed E-state index contributed by atoms with van der Waals surface area (Å²) in [7, 11) is -3.19. The molecule has 7 nitrogen and oxygen atoms in total. The Morgan fingerprint density at radius 2 is 1.83 bits per heavy atom. The number of benzene rings is 2. The number of carbonyl (C=O) groups is 1. The molecule has 8 heteroatoms. The summed E-state index contributed by atoms with van der Waals surface area (Å²) in [4.78, 5) is 15.1. The van der Waals surface area contributed by atoms with Crippen LogP contribution in [0.4, 0.5) is 0 Å². The molecule has 2 aromatic carbocycles. The Morgan fingerprint density at radius 3 is 2.57 bits per heavy atom. The van der Waals surface area contributed by atoms with Gasteiger partial charge >= 0.3 is 0 Å². The number of carbonyl (C=O) groups excluding carboxylic acids is 1. The molecule has 2 aliphatic heterocycles. The number of hydrogen-bond donors (Lipinski definition) is 1. The van der Waals surface area contributed by atoms with E-state index in [2.05, 4.69) is 4.72 Å². The molecule has 4 rings (SSSR count). The molecule has 1 amide bonds. The normalized spacial score (nSPS) is 18.4. The monoisotopic (exact) mass is 430 g/mol. The molecular weight excluding hydrogens is 404 g/mol. The van der Waals surface area contributed by atoms with Crippen molar-refractivity contribution in [1.29, 1.82) is 0 Å². The first-order valence-corrected chi connectivity index (χ1v) is 12.0. The molecule has 0 aliphatic carbocycles. The van der Waals surface area contributed by atoms with Crippen LogP contribution < -0.4 is 14.2 Å². The molecule has 1 unspecified atom stereocenters. The number of sulfonamides is 1. The van der Waals surface area contributed by atoms with Crippen molar-refractivity contribution in [2.75, 3.05) is 32.6 Å². The minimum atomic E-state index is -3.19. The van der Waals surface area contributed by atoms with Gasteiger partial charge in [0.05, 0.1) is 12.3 Å². The highest BCUT2D eigenvalue weighted by molar-refractivity contribution is 7.88. The fraction of sp³-hybridized carbons (Fsp3) is 0.409. The average Bonchev–Trinajstić information content (AvgIpc) is 3.22. The van der Waals surface area contributed by atoms with Gasteiger partial charge in [0.25, 0.3) is 5.91 Å². The van der Waals surface area contributed by atoms with Crippen molar-refractivity contribution in [2.24, 2.45) is 0 Å². The molecule has 30 heavy (non-hydrogen) atoms. The average molecular weight is 431 g/mol. The van der Waals surface area contributed by atoms with Gasteiger partial charge in [0.1, 0.15) is 13.2 Å². The maximum absolute atomic E-state index is 13.2. The fourth-order valence-corrected chi connectivity index (χ4v) is 4.46. The molecule has 160 valence electrons. The molecule has 1 atom stereocenters. The fourth-order valence-electron chi connectivity index (χ4n) is 3.98. The second-order valence-electron chi connectivity index (χ2n) is 7.67. The van der Waals surface area contributed by atoms with E-state index in [1.807, 2.05) is 47.4 Å². The summed E-state index contributed by atoms with van der Waals surface area (Å²) in [5, 5.41) is 0. The Hall–Kier alpha value is -2.58. The van der Waals surface area contributed by atoms with Crippen LogP contribution in [0.1, 0.15) is 40.4 Å². The van der Waals surface area contributed by atoms with Gasteiger partial charge in [-0.05, 0) is 54.7 Å². The number of rotatable bonds is 6. The second kappa shape index (κ2) is 8.65. The van der Waals surface area contributed by atoms with Gasteiger partial charge in [0, 0.05) is 18.7 Å². The van der Waals surface area contributed by atoms with Crippen LogP contribution in [-0.2, 0) is 16.4 Å². The maximum atomic E-state index is 13.2. The summed E-state index contributed by atoms with van der Waals surface area (Å²) in [6.07, 6.45) is 3.59. The second-order valence-corrected chi connectivity index (χ2v) is 9.51. The lowest BCUT2D eigenvalue weighted by molar-refractivity contribution is 0.0735. The lowest BCUT2D eigenvalue weighted by Gasteiger charge is -2.27. The third-order valence-corrected chi connectivity index (χ3v) is 6.17. The van der Waals surface area contributed by atoms with Gasteiger partial charge in [-0.1, -0.05) is 18.2 Å². The number of amides is 1. The topological polar surface area (TPSA) is 84.9 Å². The van der Waals surface area contributed by atoms with E-state index in [1.165, 1.54) is 0 Å². The van der Waals surface area contributed by atoms with Crippen molar-refractivity contribution in [2.45, 2.75) is 25.3 Å². The molecule has 0 bridgehead atoms. The molecule has 0 aromatic heterocycles. The van der Waals surface area contributed by atoms with Crippen LogP contribution in [-0.4, -0.2) is 51.8 Å². The molecule has 2 aromatic rings. The lowest BCUT2D eigenvalue weighted by Crippen LogP contribution is -2.30. The van der Waals surface area contributed by atoms with E-state index in [0.717, 1.165) is 48.3 Å². The predicted octanol–water partition coefficient (Wildman–Crippen LogP) is 2.53. The van der Waals surface area contributed by atoms with Crippen molar-refractivity contribution < 1.29 is 22.7 Å². The third kappa shape index (κ3) is 4.76. The van der Waals surface area contributed by atoms with Crippen LogP contribution in [0.15, 0.2) is 42.5 Å². The van der Waals surface area contributed by atoms with E-state index >= 15 is 0 Å². The van der Waals surface area contributed by atoms with Crippen LogP contribution in [0.2, 0.25) is 0 Å². The largest absolute Gasteiger partial charge is 0.486 e. The van der Waals surface area contributed by atoms with Crippen LogP contribution in [0.3, 0.4) is 0 Å². The first kappa shape index (κ1) is 20.7. The van der Waals surface area contributed by atoms with E-state index in [1.54, 1.807) is 0 Å². The maximum Gasteiger partial charge on any atom is 0.254 e. The Balaban J connectivity index is 1.44. The highest BCUT2D eigenvalue weighted by Crippen LogP contribution is 2.38. The van der Waals surface area contributed by atoms with E-state index < -0.39 is 10.0 Å².